The molecule has 3 rings (SSSR count). The summed E-state index contributed by atoms with van der Waals surface area (Å²) >= 11 is 0. The molecule has 0 aromatic heterocycles. The first-order chi connectivity index (χ1) is 15.4. The Morgan fingerprint density at radius 3 is 2.09 bits per heavy atom. The molecule has 0 spiro atoms. The maximum Gasteiger partial charge on any atom is 0.339 e. The minimum Gasteiger partial charge on any atom is -0.444 e. The van der Waals surface area contributed by atoms with Crippen LogP contribution in [-0.4, -0.2) is 26.8 Å². The summed E-state index contributed by atoms with van der Waals surface area (Å²) in [6.07, 6.45) is 3.87. The van der Waals surface area contributed by atoms with Crippen molar-refractivity contribution in [2.45, 2.75) is 11.0 Å². The number of benzene rings is 3. The summed E-state index contributed by atoms with van der Waals surface area (Å²) in [7, 11) is -3.79. The number of carbonyl (C=O) groups is 2. The minimum absolute atomic E-state index is 0.0502. The molecule has 3 aromatic rings. The number of anilines is 1. The van der Waals surface area contributed by atoms with Crippen molar-refractivity contribution in [3.8, 4) is 12.3 Å². The van der Waals surface area contributed by atoms with Crippen LogP contribution in [0, 0.1) is 12.3 Å². The molecule has 2 N–H and O–H groups in total. The van der Waals surface area contributed by atoms with Gasteiger partial charge in [-0.1, -0.05) is 54.5 Å². The largest absolute Gasteiger partial charge is 0.444 e. The van der Waals surface area contributed by atoms with Crippen LogP contribution in [0.5, 0.6) is 0 Å². The lowest BCUT2D eigenvalue weighted by Gasteiger charge is -2.18. The van der Waals surface area contributed by atoms with Crippen LogP contribution in [0.2, 0.25) is 0 Å². The second-order valence-corrected chi connectivity index (χ2v) is 8.37. The van der Waals surface area contributed by atoms with Gasteiger partial charge in [-0.2, -0.15) is 4.72 Å². The van der Waals surface area contributed by atoms with E-state index in [1.807, 2.05) is 6.07 Å². The van der Waals surface area contributed by atoms with Crippen molar-refractivity contribution in [3.63, 3.8) is 0 Å². The molecule has 0 radical (unpaired) electrons. The molecule has 0 aliphatic rings. The Balaban J connectivity index is 1.79. The number of para-hydroxylation sites is 1. The Hall–Kier alpha value is -3.93. The van der Waals surface area contributed by atoms with E-state index in [0.717, 1.165) is 0 Å². The normalized spacial score (nSPS) is 11.7. The number of rotatable bonds is 8. The fourth-order valence-corrected chi connectivity index (χ4v) is 3.73. The molecule has 0 saturated heterocycles. The van der Waals surface area contributed by atoms with Gasteiger partial charge in [-0.15, -0.1) is 6.42 Å². The van der Waals surface area contributed by atoms with Crippen molar-refractivity contribution in [1.29, 1.82) is 0 Å². The number of carbonyl (C=O) groups excluding carboxylic acids is 2. The molecule has 1 atom stereocenters. The lowest BCUT2D eigenvalue weighted by Crippen LogP contribution is -2.26. The maximum atomic E-state index is 12.9. The van der Waals surface area contributed by atoms with E-state index in [1.54, 1.807) is 54.6 Å². The predicted octanol–water partition coefficient (Wildman–Crippen LogP) is 3.13. The summed E-state index contributed by atoms with van der Waals surface area (Å²) in [5, 5.41) is 2.73. The molecule has 3 aromatic carbocycles. The molecule has 7 nitrogen and oxygen atoms in total. The van der Waals surface area contributed by atoms with Crippen LogP contribution in [-0.2, 0) is 19.6 Å². The smallest absolute Gasteiger partial charge is 0.339 e. The van der Waals surface area contributed by atoms with E-state index in [1.165, 1.54) is 24.3 Å². The average molecular weight is 449 g/mol. The molecule has 162 valence electrons. The summed E-state index contributed by atoms with van der Waals surface area (Å²) < 4.78 is 32.0. The third kappa shape index (κ3) is 5.82. The maximum absolute atomic E-state index is 12.9. The van der Waals surface area contributed by atoms with Gasteiger partial charge in [0.25, 0.3) is 5.91 Å². The number of amides is 1. The molecule has 8 heteroatoms. The first kappa shape index (κ1) is 22.7. The first-order valence-electron chi connectivity index (χ1n) is 9.56. The van der Waals surface area contributed by atoms with Gasteiger partial charge >= 0.3 is 5.97 Å². The van der Waals surface area contributed by atoms with E-state index in [0.29, 0.717) is 11.3 Å². The van der Waals surface area contributed by atoms with Crippen molar-refractivity contribution in [3.05, 3.63) is 96.1 Å². The van der Waals surface area contributed by atoms with E-state index < -0.39 is 28.0 Å². The number of sulfonamides is 1. The fraction of sp³-hybridized carbons (Fsp3) is 0.0833. The van der Waals surface area contributed by atoms with Crippen molar-refractivity contribution in [1.82, 2.24) is 4.72 Å². The third-order valence-corrected chi connectivity index (χ3v) is 5.79. The summed E-state index contributed by atoms with van der Waals surface area (Å²) in [6.45, 7) is -0.151. The summed E-state index contributed by atoms with van der Waals surface area (Å²) in [5.41, 5.74) is 1.14. The van der Waals surface area contributed by atoms with Crippen molar-refractivity contribution < 1.29 is 22.7 Å². The van der Waals surface area contributed by atoms with E-state index in [4.69, 9.17) is 11.2 Å². The number of ether oxygens (including phenoxy) is 1. The van der Waals surface area contributed by atoms with Crippen LogP contribution in [0.15, 0.2) is 89.8 Å². The van der Waals surface area contributed by atoms with Gasteiger partial charge in [0, 0.05) is 11.3 Å². The fourth-order valence-electron chi connectivity index (χ4n) is 2.80. The van der Waals surface area contributed by atoms with Crippen LogP contribution in [0.3, 0.4) is 0 Å². The second-order valence-electron chi connectivity index (χ2n) is 6.60. The third-order valence-electron chi connectivity index (χ3n) is 4.37. The average Bonchev–Trinajstić information content (AvgIpc) is 2.82. The predicted molar refractivity (Wildman–Crippen MR) is 120 cm³/mol. The summed E-state index contributed by atoms with van der Waals surface area (Å²) in [4.78, 5) is 25.5. The van der Waals surface area contributed by atoms with Gasteiger partial charge < -0.3 is 10.1 Å². The van der Waals surface area contributed by atoms with Gasteiger partial charge in [-0.25, -0.2) is 13.2 Å². The molecule has 0 aliphatic carbocycles. The van der Waals surface area contributed by atoms with Gasteiger partial charge in [-0.05, 0) is 36.4 Å². The van der Waals surface area contributed by atoms with Crippen molar-refractivity contribution in [2.24, 2.45) is 0 Å². The topological polar surface area (TPSA) is 102 Å². The number of terminal acetylenes is 1. The van der Waals surface area contributed by atoms with Crippen LogP contribution >= 0.6 is 0 Å². The number of nitrogens with one attached hydrogen (secondary N) is 2. The van der Waals surface area contributed by atoms with E-state index in [-0.39, 0.29) is 17.0 Å². The first-order valence-corrected chi connectivity index (χ1v) is 11.0. The van der Waals surface area contributed by atoms with Gasteiger partial charge in [-0.3, -0.25) is 4.79 Å². The highest BCUT2D eigenvalue weighted by Gasteiger charge is 2.26. The molecular formula is C24H20N2O5S. The number of esters is 1. The molecule has 0 bridgehead atoms. The van der Waals surface area contributed by atoms with E-state index in [9.17, 15) is 18.0 Å². The van der Waals surface area contributed by atoms with Crippen LogP contribution in [0.25, 0.3) is 0 Å². The van der Waals surface area contributed by atoms with Crippen LogP contribution < -0.4 is 10.0 Å². The lowest BCUT2D eigenvalue weighted by atomic mass is 10.1. The van der Waals surface area contributed by atoms with Gasteiger partial charge in [0.2, 0.25) is 16.1 Å². The van der Waals surface area contributed by atoms with E-state index >= 15 is 0 Å². The molecule has 1 amide bonds. The number of hydrogen-bond acceptors (Lipinski definition) is 5. The molecule has 0 saturated carbocycles. The van der Waals surface area contributed by atoms with Crippen LogP contribution in [0.4, 0.5) is 5.69 Å². The Labute approximate surface area is 186 Å². The quantitative estimate of drug-likeness (QED) is 0.407. The lowest BCUT2D eigenvalue weighted by molar-refractivity contribution is -0.125. The second kappa shape index (κ2) is 10.4. The van der Waals surface area contributed by atoms with Crippen molar-refractivity contribution >= 4 is 27.6 Å². The minimum atomic E-state index is -3.79. The Morgan fingerprint density at radius 1 is 0.906 bits per heavy atom. The zero-order valence-corrected chi connectivity index (χ0v) is 17.7. The molecular weight excluding hydrogens is 428 g/mol. The van der Waals surface area contributed by atoms with E-state index in [2.05, 4.69) is 16.0 Å². The Kier molecular flexibility index (Phi) is 7.39. The van der Waals surface area contributed by atoms with Crippen molar-refractivity contribution in [2.75, 3.05) is 11.9 Å². The highest BCUT2D eigenvalue weighted by atomic mass is 32.2. The summed E-state index contributed by atoms with van der Waals surface area (Å²) in [5.74, 6) is 0.891. The van der Waals surface area contributed by atoms with Gasteiger partial charge in [0.15, 0.2) is 0 Å². The molecule has 0 aliphatic heterocycles. The monoisotopic (exact) mass is 448 g/mol. The highest BCUT2D eigenvalue weighted by Crippen LogP contribution is 2.22. The van der Waals surface area contributed by atoms with Crippen LogP contribution in [0.1, 0.15) is 22.0 Å². The van der Waals surface area contributed by atoms with Gasteiger partial charge in [0.1, 0.15) is 0 Å². The standard InChI is InChI=1S/C24H20N2O5S/c1-2-17-25-32(29,30)21-15-13-19(14-16-21)24(28)31-22(18-9-5-3-6-10-18)23(27)26-20-11-7-4-8-12-20/h1,3-16,22,25H,17H2,(H,26,27)/t22-/m1/s1. The Morgan fingerprint density at radius 2 is 1.50 bits per heavy atom. The highest BCUT2D eigenvalue weighted by molar-refractivity contribution is 7.89. The summed E-state index contributed by atoms with van der Waals surface area (Å²) in [6, 6.07) is 22.5. The Bertz CT molecular complexity index is 1220. The zero-order chi connectivity index (χ0) is 23.0. The zero-order valence-electron chi connectivity index (χ0n) is 16.9. The molecule has 0 heterocycles. The van der Waals surface area contributed by atoms with Gasteiger partial charge in [0.05, 0.1) is 17.0 Å². The molecule has 0 unspecified atom stereocenters. The molecule has 32 heavy (non-hydrogen) atoms. The SMILES string of the molecule is C#CCNS(=O)(=O)c1ccc(C(=O)O[C@@H](C(=O)Nc2ccccc2)c2ccccc2)cc1. The molecule has 0 fully saturated rings. The number of hydrogen-bond donors (Lipinski definition) is 2.